The van der Waals surface area contributed by atoms with Crippen LogP contribution in [0.5, 0.6) is 5.75 Å². The van der Waals surface area contributed by atoms with E-state index in [1.165, 1.54) is 29.4 Å². The average molecular weight is 393 g/mol. The van der Waals surface area contributed by atoms with Gasteiger partial charge in [-0.25, -0.2) is 0 Å². The summed E-state index contributed by atoms with van der Waals surface area (Å²) in [5, 5.41) is 2.42. The lowest BCUT2D eigenvalue weighted by Gasteiger charge is -2.37. The van der Waals surface area contributed by atoms with Gasteiger partial charge in [-0.05, 0) is 78.6 Å². The Labute approximate surface area is 170 Å². The molecule has 0 amide bonds. The Morgan fingerprint density at radius 1 is 1.11 bits per heavy atom. The molecule has 0 atom stereocenters. The molecule has 3 rings (SSSR count). The molecule has 0 saturated heterocycles. The molecule has 3 heteroatoms. The van der Waals surface area contributed by atoms with Crippen molar-refractivity contribution in [1.29, 1.82) is 0 Å². The summed E-state index contributed by atoms with van der Waals surface area (Å²) in [6.45, 7) is 11.3. The van der Waals surface area contributed by atoms with Crippen LogP contribution in [0, 0.1) is 0 Å². The molecule has 2 aromatic carbocycles. The van der Waals surface area contributed by atoms with E-state index in [0.29, 0.717) is 0 Å². The Morgan fingerprint density at radius 3 is 2.50 bits per heavy atom. The molecular weight excluding hydrogens is 360 g/mol. The normalized spacial score (nSPS) is 15.7. The summed E-state index contributed by atoms with van der Waals surface area (Å²) in [4.78, 5) is 11.2. The highest BCUT2D eigenvalue weighted by molar-refractivity contribution is 6.74. The zero-order chi connectivity index (χ0) is 20.4. The summed E-state index contributed by atoms with van der Waals surface area (Å²) in [6, 6.07) is 10.7. The Bertz CT molecular complexity index is 929. The lowest BCUT2D eigenvalue weighted by Crippen LogP contribution is -2.44. The average Bonchev–Trinajstić information content (AvgIpc) is 2.66. The summed E-state index contributed by atoms with van der Waals surface area (Å²) in [7, 11) is -2.05. The number of allylic oxidation sites excluding steroid dienone is 3. The number of fused-ring (bicyclic) bond motifs is 1. The minimum Gasteiger partial charge on any atom is -0.543 e. The van der Waals surface area contributed by atoms with E-state index in [4.69, 9.17) is 4.43 Å². The third-order valence-electron chi connectivity index (χ3n) is 6.18. The standard InChI is InChI=1S/C25H32O2Si/c1-25(2,3)28(4,5)27-24-21-15-10-9-14-20(21)18-23(22(24)16-11-17-26)19-12-7-6-8-13-19/h9-12,14-18H,6-8,13H2,1-5H3/b16-11-. The molecule has 0 unspecified atom stereocenters. The van der Waals surface area contributed by atoms with Gasteiger partial charge in [-0.15, -0.1) is 0 Å². The SMILES string of the molecule is CC(C)(C)[Si](C)(C)Oc1c(/C=C\C=O)c(C2=CCCCC2)cc2ccccc12. The number of hydrogen-bond acceptors (Lipinski definition) is 2. The summed E-state index contributed by atoms with van der Waals surface area (Å²) < 4.78 is 6.88. The van der Waals surface area contributed by atoms with Crippen molar-refractivity contribution in [2.45, 2.75) is 64.6 Å². The molecule has 0 heterocycles. The van der Waals surface area contributed by atoms with Crippen molar-refractivity contribution in [2.24, 2.45) is 0 Å². The molecule has 1 aliphatic carbocycles. The number of carbonyl (C=O) groups excluding carboxylic acids is 1. The third kappa shape index (κ3) is 4.15. The van der Waals surface area contributed by atoms with Crippen molar-refractivity contribution >= 4 is 37.0 Å². The maximum absolute atomic E-state index is 11.2. The molecule has 28 heavy (non-hydrogen) atoms. The van der Waals surface area contributed by atoms with Gasteiger partial charge in [0.05, 0.1) is 0 Å². The zero-order valence-electron chi connectivity index (χ0n) is 17.8. The second kappa shape index (κ2) is 8.08. The van der Waals surface area contributed by atoms with Gasteiger partial charge in [0.25, 0.3) is 8.32 Å². The highest BCUT2D eigenvalue weighted by Gasteiger charge is 2.40. The second-order valence-electron chi connectivity index (χ2n) is 9.22. The van der Waals surface area contributed by atoms with Gasteiger partial charge in [0.1, 0.15) is 12.0 Å². The Morgan fingerprint density at radius 2 is 1.86 bits per heavy atom. The van der Waals surface area contributed by atoms with E-state index in [1.807, 2.05) is 6.08 Å². The van der Waals surface area contributed by atoms with Crippen LogP contribution in [0.25, 0.3) is 22.4 Å². The van der Waals surface area contributed by atoms with E-state index in [0.717, 1.165) is 35.8 Å². The van der Waals surface area contributed by atoms with Gasteiger partial charge in [-0.2, -0.15) is 0 Å². The van der Waals surface area contributed by atoms with E-state index in [-0.39, 0.29) is 5.04 Å². The van der Waals surface area contributed by atoms with E-state index in [2.05, 4.69) is 70.3 Å². The monoisotopic (exact) mass is 392 g/mol. The number of hydrogen-bond donors (Lipinski definition) is 0. The van der Waals surface area contributed by atoms with Gasteiger partial charge >= 0.3 is 0 Å². The van der Waals surface area contributed by atoms with Crippen molar-refractivity contribution in [2.75, 3.05) is 0 Å². The maximum Gasteiger partial charge on any atom is 0.250 e. The van der Waals surface area contributed by atoms with Gasteiger partial charge in [-0.1, -0.05) is 51.1 Å². The fraction of sp³-hybridized carbons (Fsp3) is 0.400. The van der Waals surface area contributed by atoms with E-state index in [1.54, 1.807) is 6.08 Å². The van der Waals surface area contributed by atoms with Crippen molar-refractivity contribution in [3.8, 4) is 5.75 Å². The third-order valence-corrected chi connectivity index (χ3v) is 10.5. The van der Waals surface area contributed by atoms with Gasteiger partial charge in [0.2, 0.25) is 0 Å². The summed E-state index contributed by atoms with van der Waals surface area (Å²) in [5.74, 6) is 0.935. The zero-order valence-corrected chi connectivity index (χ0v) is 18.8. The largest absolute Gasteiger partial charge is 0.543 e. The van der Waals surface area contributed by atoms with Crippen LogP contribution < -0.4 is 4.43 Å². The molecule has 1 aliphatic rings. The topological polar surface area (TPSA) is 26.3 Å². The van der Waals surface area contributed by atoms with Crippen LogP contribution in [0.2, 0.25) is 18.1 Å². The first-order chi connectivity index (χ1) is 13.2. The van der Waals surface area contributed by atoms with Crippen molar-refractivity contribution < 1.29 is 9.22 Å². The van der Waals surface area contributed by atoms with Crippen LogP contribution in [0.1, 0.15) is 57.6 Å². The van der Waals surface area contributed by atoms with Crippen molar-refractivity contribution in [1.82, 2.24) is 0 Å². The molecular formula is C25H32O2Si. The van der Waals surface area contributed by atoms with Crippen LogP contribution >= 0.6 is 0 Å². The number of benzene rings is 2. The fourth-order valence-electron chi connectivity index (χ4n) is 3.50. The Kier molecular flexibility index (Phi) is 5.94. The second-order valence-corrected chi connectivity index (χ2v) is 13.9. The first-order valence-corrected chi connectivity index (χ1v) is 13.2. The predicted octanol–water partition coefficient (Wildman–Crippen LogP) is 7.39. The Hall–Kier alpha value is -2.13. The summed E-state index contributed by atoms with van der Waals surface area (Å²) in [5.41, 5.74) is 3.64. The molecule has 0 radical (unpaired) electrons. The van der Waals surface area contributed by atoms with Crippen LogP contribution in [0.15, 0.2) is 42.5 Å². The van der Waals surface area contributed by atoms with Gasteiger partial charge in [0.15, 0.2) is 0 Å². The molecule has 0 bridgehead atoms. The summed E-state index contributed by atoms with van der Waals surface area (Å²) >= 11 is 0. The minimum atomic E-state index is -2.05. The number of aldehydes is 1. The smallest absolute Gasteiger partial charge is 0.250 e. The highest BCUT2D eigenvalue weighted by atomic mass is 28.4. The highest BCUT2D eigenvalue weighted by Crippen LogP contribution is 2.44. The number of carbonyl (C=O) groups is 1. The van der Waals surface area contributed by atoms with E-state index < -0.39 is 8.32 Å². The van der Waals surface area contributed by atoms with Crippen molar-refractivity contribution in [3.05, 3.63) is 53.6 Å². The van der Waals surface area contributed by atoms with E-state index >= 15 is 0 Å². The Balaban J connectivity index is 2.30. The summed E-state index contributed by atoms with van der Waals surface area (Å²) in [6.07, 6.45) is 11.4. The van der Waals surface area contributed by atoms with Gasteiger partial charge in [-0.3, -0.25) is 4.79 Å². The lowest BCUT2D eigenvalue weighted by molar-refractivity contribution is -0.104. The first-order valence-electron chi connectivity index (χ1n) is 10.3. The van der Waals surface area contributed by atoms with Crippen molar-refractivity contribution in [3.63, 3.8) is 0 Å². The molecule has 0 spiro atoms. The van der Waals surface area contributed by atoms with Crippen LogP contribution in [0.3, 0.4) is 0 Å². The predicted molar refractivity (Wildman–Crippen MR) is 123 cm³/mol. The lowest BCUT2D eigenvalue weighted by atomic mass is 9.88. The number of rotatable bonds is 5. The molecule has 0 N–H and O–H groups in total. The molecule has 2 nitrogen and oxygen atoms in total. The van der Waals surface area contributed by atoms with Gasteiger partial charge < -0.3 is 4.43 Å². The quantitative estimate of drug-likeness (QED) is 0.301. The maximum atomic E-state index is 11.2. The van der Waals surface area contributed by atoms with Crippen LogP contribution in [0.4, 0.5) is 0 Å². The minimum absolute atomic E-state index is 0.0971. The molecule has 0 aromatic heterocycles. The fourth-order valence-corrected chi connectivity index (χ4v) is 4.53. The molecule has 0 aliphatic heterocycles. The molecule has 0 fully saturated rings. The first kappa shape index (κ1) is 20.6. The van der Waals surface area contributed by atoms with Crippen LogP contribution in [-0.2, 0) is 4.79 Å². The van der Waals surface area contributed by atoms with E-state index in [9.17, 15) is 4.79 Å². The van der Waals surface area contributed by atoms with Crippen LogP contribution in [-0.4, -0.2) is 14.6 Å². The van der Waals surface area contributed by atoms with Gasteiger partial charge in [0, 0.05) is 10.9 Å². The molecule has 148 valence electrons. The molecule has 2 aromatic rings. The molecule has 0 saturated carbocycles.